The number of hydrogen-bond acceptors (Lipinski definition) is 5. The van der Waals surface area contributed by atoms with Gasteiger partial charge in [0.05, 0.1) is 12.2 Å². The zero-order chi connectivity index (χ0) is 30.1. The number of fused-ring (bicyclic) bond motifs is 5. The summed E-state index contributed by atoms with van der Waals surface area (Å²) in [5.41, 5.74) is -0.158. The number of aromatic nitrogens is 1. The van der Waals surface area contributed by atoms with Crippen LogP contribution in [0.4, 0.5) is 14.6 Å². The second kappa shape index (κ2) is 10.6. The predicted octanol–water partition coefficient (Wildman–Crippen LogP) is 6.57. The van der Waals surface area contributed by atoms with Crippen molar-refractivity contribution < 1.29 is 24.1 Å². The molecule has 4 aliphatic carbocycles. The molecular formula is C34H52F2N2O3. The number of rotatable bonds is 7. The first-order valence-electron chi connectivity index (χ1n) is 15.8. The summed E-state index contributed by atoms with van der Waals surface area (Å²) in [6, 6.07) is 4.01. The van der Waals surface area contributed by atoms with E-state index in [1.54, 1.807) is 6.20 Å². The number of nitrogens with zero attached hydrogens (tertiary/aromatic N) is 2. The Balaban J connectivity index is 1.42. The maximum atomic E-state index is 14.6. The third-order valence-electron chi connectivity index (χ3n) is 12.5. The van der Waals surface area contributed by atoms with Gasteiger partial charge in [-0.1, -0.05) is 38.5 Å². The highest BCUT2D eigenvalue weighted by molar-refractivity contribution is 5.53. The van der Waals surface area contributed by atoms with Gasteiger partial charge in [-0.3, -0.25) is 0 Å². The quantitative estimate of drug-likeness (QED) is 0.321. The van der Waals surface area contributed by atoms with E-state index in [1.807, 2.05) is 25.1 Å². The molecule has 230 valence electrons. The third-order valence-corrected chi connectivity index (χ3v) is 12.5. The molecule has 0 aliphatic heterocycles. The van der Waals surface area contributed by atoms with Gasteiger partial charge in [-0.2, -0.15) is 0 Å². The van der Waals surface area contributed by atoms with Crippen LogP contribution in [0, 0.1) is 40.4 Å². The van der Waals surface area contributed by atoms with E-state index < -0.39 is 29.1 Å². The summed E-state index contributed by atoms with van der Waals surface area (Å²) in [5, 5.41) is 33.0. The SMILES string of the molecule is C[C@H](CCC(F)(F)C(C)(C)O)[C@H]1CCC2C3CC=C4C(c5cccnc5N(C)C)[C@@H](O)C[C@H](O)[C@]4(C)C3CC[C@@]21C. The summed E-state index contributed by atoms with van der Waals surface area (Å²) in [6.45, 7) is 9.19. The minimum absolute atomic E-state index is 0.0896. The maximum absolute atomic E-state index is 14.6. The first-order chi connectivity index (χ1) is 19.0. The average Bonchev–Trinajstić information content (AvgIpc) is 3.25. The van der Waals surface area contributed by atoms with Crippen LogP contribution in [0.1, 0.15) is 97.5 Å². The molecular weight excluding hydrogens is 522 g/mol. The van der Waals surface area contributed by atoms with Crippen molar-refractivity contribution in [3.8, 4) is 0 Å². The summed E-state index contributed by atoms with van der Waals surface area (Å²) in [6.07, 6.45) is 8.45. The number of pyridine rings is 1. The fraction of sp³-hybridized carbons (Fsp3) is 0.794. The molecule has 3 saturated carbocycles. The molecule has 0 amide bonds. The van der Waals surface area contributed by atoms with Crippen LogP contribution in [-0.4, -0.2) is 58.1 Å². The zero-order valence-corrected chi connectivity index (χ0v) is 26.1. The molecule has 1 aromatic heterocycles. The second-order valence-corrected chi connectivity index (χ2v) is 15.2. The molecule has 0 radical (unpaired) electrons. The Hall–Kier alpha value is -1.57. The van der Waals surface area contributed by atoms with Crippen LogP contribution < -0.4 is 4.90 Å². The third kappa shape index (κ3) is 4.86. The number of allylic oxidation sites excluding steroid dienone is 1. The van der Waals surface area contributed by atoms with Crippen LogP contribution in [0.3, 0.4) is 0 Å². The molecule has 0 aromatic carbocycles. The molecule has 0 bridgehead atoms. The van der Waals surface area contributed by atoms with Crippen molar-refractivity contribution in [2.45, 2.75) is 116 Å². The van der Waals surface area contributed by atoms with Crippen LogP contribution in [-0.2, 0) is 0 Å². The molecule has 5 rings (SSSR count). The number of hydrogen-bond donors (Lipinski definition) is 3. The highest BCUT2D eigenvalue weighted by atomic mass is 19.3. The molecule has 4 unspecified atom stereocenters. The summed E-state index contributed by atoms with van der Waals surface area (Å²) in [4.78, 5) is 6.63. The van der Waals surface area contributed by atoms with E-state index in [2.05, 4.69) is 37.9 Å². The molecule has 5 nitrogen and oxygen atoms in total. The molecule has 4 aliphatic rings. The number of anilines is 1. The highest BCUT2D eigenvalue weighted by Gasteiger charge is 2.62. The van der Waals surface area contributed by atoms with Gasteiger partial charge in [0.15, 0.2) is 0 Å². The van der Waals surface area contributed by atoms with E-state index in [9.17, 15) is 24.1 Å². The lowest BCUT2D eigenvalue weighted by Crippen LogP contribution is -2.57. The normalized spacial score (nSPS) is 39.8. The summed E-state index contributed by atoms with van der Waals surface area (Å²) >= 11 is 0. The number of alkyl halides is 2. The van der Waals surface area contributed by atoms with Gasteiger partial charge in [0.2, 0.25) is 0 Å². The Labute approximate surface area is 245 Å². The van der Waals surface area contributed by atoms with E-state index in [4.69, 9.17) is 0 Å². The van der Waals surface area contributed by atoms with Gasteiger partial charge in [-0.05, 0) is 93.4 Å². The molecule has 3 fully saturated rings. The topological polar surface area (TPSA) is 76.8 Å². The minimum atomic E-state index is -3.10. The van der Waals surface area contributed by atoms with Crippen molar-refractivity contribution in [2.75, 3.05) is 19.0 Å². The minimum Gasteiger partial charge on any atom is -0.392 e. The summed E-state index contributed by atoms with van der Waals surface area (Å²) < 4.78 is 29.2. The van der Waals surface area contributed by atoms with Crippen LogP contribution in [0.25, 0.3) is 0 Å². The maximum Gasteiger partial charge on any atom is 0.275 e. The number of halogens is 2. The molecule has 1 aromatic rings. The van der Waals surface area contributed by atoms with Crippen molar-refractivity contribution in [1.82, 2.24) is 4.98 Å². The van der Waals surface area contributed by atoms with Gasteiger partial charge in [-0.15, -0.1) is 0 Å². The smallest absolute Gasteiger partial charge is 0.275 e. The standard InChI is InChI=1S/C34H52F2N2O3/c1-20(14-17-34(35,36)31(2,3)41)23-12-13-24-21-10-11-26-29(22-9-8-18-37-30(22)38(6)7)27(39)19-28(40)33(26,5)25(21)15-16-32(23,24)4/h8-9,11,18,20-21,23-25,27-29,39-41H,10,12-17,19H2,1-7H3/t20-,21?,23-,24?,25?,27+,28+,29?,32-,33-/m1/s1. The molecule has 0 spiro atoms. The molecule has 41 heavy (non-hydrogen) atoms. The van der Waals surface area contributed by atoms with Gasteiger partial charge < -0.3 is 20.2 Å². The zero-order valence-electron chi connectivity index (χ0n) is 26.1. The molecule has 1 heterocycles. The fourth-order valence-corrected chi connectivity index (χ4v) is 10.1. The van der Waals surface area contributed by atoms with Crippen molar-refractivity contribution in [3.63, 3.8) is 0 Å². The molecule has 7 heteroatoms. The molecule has 10 atom stereocenters. The monoisotopic (exact) mass is 574 g/mol. The van der Waals surface area contributed by atoms with Crippen molar-refractivity contribution in [1.29, 1.82) is 0 Å². The van der Waals surface area contributed by atoms with Crippen LogP contribution in [0.15, 0.2) is 30.0 Å². The van der Waals surface area contributed by atoms with Crippen molar-refractivity contribution in [3.05, 3.63) is 35.5 Å². The van der Waals surface area contributed by atoms with Crippen LogP contribution in [0.2, 0.25) is 0 Å². The first-order valence-corrected chi connectivity index (χ1v) is 15.8. The van der Waals surface area contributed by atoms with E-state index in [0.717, 1.165) is 43.5 Å². The molecule has 0 saturated heterocycles. The van der Waals surface area contributed by atoms with E-state index >= 15 is 0 Å². The molecule has 3 N–H and O–H groups in total. The first kappa shape index (κ1) is 30.9. The Kier molecular flexibility index (Phi) is 7.95. The number of aliphatic hydroxyl groups is 3. The van der Waals surface area contributed by atoms with Gasteiger partial charge in [-0.25, -0.2) is 13.8 Å². The Morgan fingerprint density at radius 1 is 1.12 bits per heavy atom. The summed E-state index contributed by atoms with van der Waals surface area (Å²) in [7, 11) is 3.96. The predicted molar refractivity (Wildman–Crippen MR) is 159 cm³/mol. The Bertz CT molecular complexity index is 1150. The average molecular weight is 575 g/mol. The van der Waals surface area contributed by atoms with E-state index in [0.29, 0.717) is 36.5 Å². The fourth-order valence-electron chi connectivity index (χ4n) is 10.1. The van der Waals surface area contributed by atoms with Gasteiger partial charge in [0.1, 0.15) is 11.4 Å². The lowest BCUT2D eigenvalue weighted by molar-refractivity contribution is -0.168. The van der Waals surface area contributed by atoms with Gasteiger partial charge in [0, 0.05) is 50.0 Å². The number of aliphatic hydroxyl groups excluding tert-OH is 2. The lowest BCUT2D eigenvalue weighted by atomic mass is 9.45. The van der Waals surface area contributed by atoms with Gasteiger partial charge in [0.25, 0.3) is 5.92 Å². The van der Waals surface area contributed by atoms with Crippen LogP contribution >= 0.6 is 0 Å². The Morgan fingerprint density at radius 3 is 2.49 bits per heavy atom. The van der Waals surface area contributed by atoms with Crippen molar-refractivity contribution in [2.24, 2.45) is 40.4 Å². The van der Waals surface area contributed by atoms with E-state index in [-0.39, 0.29) is 23.7 Å². The second-order valence-electron chi connectivity index (χ2n) is 15.2. The van der Waals surface area contributed by atoms with E-state index in [1.165, 1.54) is 19.4 Å². The largest absolute Gasteiger partial charge is 0.392 e. The summed E-state index contributed by atoms with van der Waals surface area (Å²) in [5.74, 6) is -0.649. The lowest BCUT2D eigenvalue weighted by Gasteiger charge is -2.61. The van der Waals surface area contributed by atoms with Crippen molar-refractivity contribution >= 4 is 5.82 Å². The highest BCUT2D eigenvalue weighted by Crippen LogP contribution is 2.68. The Morgan fingerprint density at radius 2 is 1.83 bits per heavy atom. The van der Waals surface area contributed by atoms with Gasteiger partial charge >= 0.3 is 0 Å². The van der Waals surface area contributed by atoms with Crippen LogP contribution in [0.5, 0.6) is 0 Å².